The largest absolute Gasteiger partial charge is 0.497 e. The second-order valence-corrected chi connectivity index (χ2v) is 9.29. The lowest BCUT2D eigenvalue weighted by Crippen LogP contribution is -2.51. The van der Waals surface area contributed by atoms with Gasteiger partial charge in [-0.2, -0.15) is 0 Å². The van der Waals surface area contributed by atoms with Gasteiger partial charge in [0.1, 0.15) is 24.1 Å². The molecule has 1 N–H and O–H groups in total. The molecule has 0 aliphatic carbocycles. The van der Waals surface area contributed by atoms with Crippen molar-refractivity contribution < 1.29 is 27.5 Å². The minimum Gasteiger partial charge on any atom is -0.497 e. The third-order valence-electron chi connectivity index (χ3n) is 5.04. The normalized spacial score (nSPS) is 11.9. The lowest BCUT2D eigenvalue weighted by molar-refractivity contribution is -0.139. The second-order valence-electron chi connectivity index (χ2n) is 7.39. The minimum atomic E-state index is -3.83. The standard InChI is InChI=1S/C23H31N3O6S/c1-6-24-23(28)17(2)25(15-18-10-9-11-19(14-18)31-3)22(27)16-26(33(5,29)30)20-12-7-8-13-21(20)32-4/h7-14,17H,6,15-16H2,1-5H3,(H,24,28)/t17-/m1/s1. The maximum atomic E-state index is 13.5. The number of nitrogens with zero attached hydrogens (tertiary/aromatic N) is 2. The highest BCUT2D eigenvalue weighted by Gasteiger charge is 2.31. The highest BCUT2D eigenvalue weighted by atomic mass is 32.2. The van der Waals surface area contributed by atoms with Crippen LogP contribution >= 0.6 is 0 Å². The Morgan fingerprint density at radius 2 is 1.76 bits per heavy atom. The Hall–Kier alpha value is -3.27. The molecule has 2 aromatic carbocycles. The van der Waals surface area contributed by atoms with E-state index in [2.05, 4.69) is 5.32 Å². The van der Waals surface area contributed by atoms with Gasteiger partial charge in [0.2, 0.25) is 21.8 Å². The molecule has 180 valence electrons. The molecule has 2 rings (SSSR count). The number of benzene rings is 2. The van der Waals surface area contributed by atoms with Crippen molar-refractivity contribution >= 4 is 27.5 Å². The molecule has 0 bridgehead atoms. The predicted octanol–water partition coefficient (Wildman–Crippen LogP) is 2.02. The van der Waals surface area contributed by atoms with Crippen LogP contribution in [0.4, 0.5) is 5.69 Å². The Morgan fingerprint density at radius 3 is 2.36 bits per heavy atom. The van der Waals surface area contributed by atoms with Crippen molar-refractivity contribution in [2.75, 3.05) is 37.9 Å². The summed E-state index contributed by atoms with van der Waals surface area (Å²) in [5, 5.41) is 2.71. The van der Waals surface area contributed by atoms with Crippen LogP contribution in [-0.2, 0) is 26.2 Å². The Bertz CT molecular complexity index is 1070. The van der Waals surface area contributed by atoms with Crippen LogP contribution in [-0.4, -0.2) is 64.7 Å². The fourth-order valence-electron chi connectivity index (χ4n) is 3.30. The van der Waals surface area contributed by atoms with Crippen LogP contribution in [0, 0.1) is 0 Å². The summed E-state index contributed by atoms with van der Waals surface area (Å²) >= 11 is 0. The van der Waals surface area contributed by atoms with E-state index >= 15 is 0 Å². The molecule has 10 heteroatoms. The number of carbonyl (C=O) groups is 2. The van der Waals surface area contributed by atoms with E-state index in [1.165, 1.54) is 19.1 Å². The molecular formula is C23H31N3O6S. The van der Waals surface area contributed by atoms with E-state index in [1.54, 1.807) is 56.3 Å². The number of amides is 2. The maximum absolute atomic E-state index is 13.5. The molecule has 0 spiro atoms. The third-order valence-corrected chi connectivity index (χ3v) is 6.16. The smallest absolute Gasteiger partial charge is 0.244 e. The van der Waals surface area contributed by atoms with Gasteiger partial charge in [-0.3, -0.25) is 13.9 Å². The molecule has 0 radical (unpaired) electrons. The SMILES string of the molecule is CCNC(=O)[C@@H](C)N(Cc1cccc(OC)c1)C(=O)CN(c1ccccc1OC)S(C)(=O)=O. The Kier molecular flexibility index (Phi) is 9.10. The lowest BCUT2D eigenvalue weighted by atomic mass is 10.1. The molecule has 9 nitrogen and oxygen atoms in total. The van der Waals surface area contributed by atoms with Crippen molar-refractivity contribution in [3.05, 3.63) is 54.1 Å². The van der Waals surface area contributed by atoms with Gasteiger partial charge in [0.25, 0.3) is 0 Å². The first-order valence-electron chi connectivity index (χ1n) is 10.4. The summed E-state index contributed by atoms with van der Waals surface area (Å²) in [6, 6.07) is 12.8. The molecule has 33 heavy (non-hydrogen) atoms. The van der Waals surface area contributed by atoms with Gasteiger partial charge in [0, 0.05) is 13.1 Å². The number of sulfonamides is 1. The van der Waals surface area contributed by atoms with Crippen LogP contribution in [0.15, 0.2) is 48.5 Å². The molecule has 0 aromatic heterocycles. The number of methoxy groups -OCH3 is 2. The predicted molar refractivity (Wildman–Crippen MR) is 127 cm³/mol. The monoisotopic (exact) mass is 477 g/mol. The summed E-state index contributed by atoms with van der Waals surface area (Å²) in [6.07, 6.45) is 1.02. The van der Waals surface area contributed by atoms with Gasteiger partial charge in [0.15, 0.2) is 0 Å². The van der Waals surface area contributed by atoms with E-state index in [0.717, 1.165) is 16.1 Å². The van der Waals surface area contributed by atoms with Crippen LogP contribution < -0.4 is 19.1 Å². The van der Waals surface area contributed by atoms with Crippen LogP contribution in [0.2, 0.25) is 0 Å². The van der Waals surface area contributed by atoms with Gasteiger partial charge < -0.3 is 19.7 Å². The van der Waals surface area contributed by atoms with Crippen LogP contribution in [0.25, 0.3) is 0 Å². The van der Waals surface area contributed by atoms with Crippen molar-refractivity contribution in [3.8, 4) is 11.5 Å². The zero-order valence-electron chi connectivity index (χ0n) is 19.6. The molecule has 2 amide bonds. The Balaban J connectivity index is 2.43. The molecular weight excluding hydrogens is 446 g/mol. The van der Waals surface area contributed by atoms with Gasteiger partial charge in [0.05, 0.1) is 26.2 Å². The van der Waals surface area contributed by atoms with E-state index in [1.807, 2.05) is 6.07 Å². The molecule has 0 saturated heterocycles. The van der Waals surface area contributed by atoms with Crippen LogP contribution in [0.1, 0.15) is 19.4 Å². The van der Waals surface area contributed by atoms with E-state index in [0.29, 0.717) is 18.0 Å². The average molecular weight is 478 g/mol. The quantitative estimate of drug-likeness (QED) is 0.531. The number of anilines is 1. The number of ether oxygens (including phenoxy) is 2. The zero-order valence-corrected chi connectivity index (χ0v) is 20.4. The number of carbonyl (C=O) groups excluding carboxylic acids is 2. The van der Waals surface area contributed by atoms with E-state index in [-0.39, 0.29) is 18.1 Å². The summed E-state index contributed by atoms with van der Waals surface area (Å²) in [6.45, 7) is 3.40. The number of hydrogen-bond donors (Lipinski definition) is 1. The van der Waals surface area contributed by atoms with E-state index in [9.17, 15) is 18.0 Å². The van der Waals surface area contributed by atoms with Crippen molar-refractivity contribution in [1.29, 1.82) is 0 Å². The maximum Gasteiger partial charge on any atom is 0.244 e. The lowest BCUT2D eigenvalue weighted by Gasteiger charge is -2.31. The minimum absolute atomic E-state index is 0.0951. The fraction of sp³-hybridized carbons (Fsp3) is 0.391. The number of nitrogens with one attached hydrogen (secondary N) is 1. The molecule has 1 atom stereocenters. The zero-order chi connectivity index (χ0) is 24.6. The second kappa shape index (κ2) is 11.6. The summed E-state index contributed by atoms with van der Waals surface area (Å²) in [5.74, 6) is 0.0500. The van der Waals surface area contributed by atoms with Gasteiger partial charge in [-0.25, -0.2) is 8.42 Å². The number of para-hydroxylation sites is 2. The number of hydrogen-bond acceptors (Lipinski definition) is 6. The number of rotatable bonds is 11. The molecule has 0 heterocycles. The molecule has 0 aliphatic rings. The summed E-state index contributed by atoms with van der Waals surface area (Å²) in [5.41, 5.74) is 0.977. The summed E-state index contributed by atoms with van der Waals surface area (Å²) in [4.78, 5) is 27.4. The van der Waals surface area contributed by atoms with Gasteiger partial charge in [-0.05, 0) is 43.7 Å². The van der Waals surface area contributed by atoms with Crippen LogP contribution in [0.3, 0.4) is 0 Å². The third kappa shape index (κ3) is 6.85. The first-order valence-corrected chi connectivity index (χ1v) is 12.3. The van der Waals surface area contributed by atoms with E-state index < -0.39 is 28.5 Å². The van der Waals surface area contributed by atoms with Crippen molar-refractivity contribution in [2.24, 2.45) is 0 Å². The van der Waals surface area contributed by atoms with Crippen LogP contribution in [0.5, 0.6) is 11.5 Å². The highest BCUT2D eigenvalue weighted by molar-refractivity contribution is 7.92. The summed E-state index contributed by atoms with van der Waals surface area (Å²) < 4.78 is 36.7. The Labute approximate surface area is 195 Å². The van der Waals surface area contributed by atoms with Gasteiger partial charge >= 0.3 is 0 Å². The number of likely N-dealkylation sites (N-methyl/N-ethyl adjacent to an activating group) is 1. The molecule has 2 aromatic rings. The molecule has 0 aliphatic heterocycles. The molecule has 0 unspecified atom stereocenters. The topological polar surface area (TPSA) is 105 Å². The van der Waals surface area contributed by atoms with Gasteiger partial charge in [-0.15, -0.1) is 0 Å². The highest BCUT2D eigenvalue weighted by Crippen LogP contribution is 2.29. The van der Waals surface area contributed by atoms with Crippen molar-refractivity contribution in [3.63, 3.8) is 0 Å². The van der Waals surface area contributed by atoms with Crippen molar-refractivity contribution in [1.82, 2.24) is 10.2 Å². The summed E-state index contributed by atoms with van der Waals surface area (Å²) in [7, 11) is -0.871. The fourth-order valence-corrected chi connectivity index (χ4v) is 4.16. The first kappa shape index (κ1) is 26.0. The average Bonchev–Trinajstić information content (AvgIpc) is 2.79. The van der Waals surface area contributed by atoms with Crippen molar-refractivity contribution in [2.45, 2.75) is 26.4 Å². The molecule has 0 fully saturated rings. The first-order chi connectivity index (χ1) is 15.6. The Morgan fingerprint density at radius 1 is 1.06 bits per heavy atom. The van der Waals surface area contributed by atoms with E-state index in [4.69, 9.17) is 9.47 Å². The van der Waals surface area contributed by atoms with Gasteiger partial charge in [-0.1, -0.05) is 24.3 Å². The molecule has 0 saturated carbocycles.